The second-order valence-electron chi connectivity index (χ2n) is 3.70. The number of nitrogen functional groups attached to an aromatic ring is 1. The molecule has 4 N–H and O–H groups in total. The van der Waals surface area contributed by atoms with E-state index in [0.29, 0.717) is 17.5 Å². The second-order valence-corrected chi connectivity index (χ2v) is 3.70. The van der Waals surface area contributed by atoms with Gasteiger partial charge in [-0.15, -0.1) is 0 Å². The number of nitrogens with two attached hydrogens (primary N) is 1. The molecule has 5 heteroatoms. The van der Waals surface area contributed by atoms with Gasteiger partial charge in [0.05, 0.1) is 11.9 Å². The first-order valence-electron chi connectivity index (χ1n) is 5.03. The summed E-state index contributed by atoms with van der Waals surface area (Å²) in [5, 5.41) is 5.57. The molecule has 15 heavy (non-hydrogen) atoms. The summed E-state index contributed by atoms with van der Waals surface area (Å²) in [6, 6.07) is 3.54. The summed E-state index contributed by atoms with van der Waals surface area (Å²) < 4.78 is 0. The molecule has 1 aromatic heterocycles. The van der Waals surface area contributed by atoms with Crippen LogP contribution in [0.1, 0.15) is 19.3 Å². The van der Waals surface area contributed by atoms with E-state index < -0.39 is 0 Å². The number of amides is 2. The molecule has 0 atom stereocenters. The van der Waals surface area contributed by atoms with E-state index in [1.165, 1.54) is 12.6 Å². The van der Waals surface area contributed by atoms with Gasteiger partial charge in [-0.2, -0.15) is 0 Å². The van der Waals surface area contributed by atoms with Crippen LogP contribution in [0.4, 0.5) is 16.3 Å². The van der Waals surface area contributed by atoms with E-state index in [2.05, 4.69) is 15.6 Å². The Balaban J connectivity index is 1.84. The Morgan fingerprint density at radius 1 is 1.47 bits per heavy atom. The summed E-state index contributed by atoms with van der Waals surface area (Å²) >= 11 is 0. The molecule has 0 radical (unpaired) electrons. The van der Waals surface area contributed by atoms with Crippen molar-refractivity contribution in [3.05, 3.63) is 18.3 Å². The standard InChI is InChI=1S/C10H14N4O/c11-9-5-4-8(6-12-9)14-10(15)13-7-2-1-3-7/h4-7H,1-3H2,(H2,11,12)(H2,13,14,15). The van der Waals surface area contributed by atoms with Gasteiger partial charge in [0.1, 0.15) is 5.82 Å². The Morgan fingerprint density at radius 2 is 2.27 bits per heavy atom. The molecule has 1 aliphatic rings. The summed E-state index contributed by atoms with van der Waals surface area (Å²) in [4.78, 5) is 15.3. The third-order valence-electron chi connectivity index (χ3n) is 2.48. The van der Waals surface area contributed by atoms with E-state index in [9.17, 15) is 4.79 Å². The average molecular weight is 206 g/mol. The minimum Gasteiger partial charge on any atom is -0.384 e. The van der Waals surface area contributed by atoms with Crippen LogP contribution in [0.15, 0.2) is 18.3 Å². The number of nitrogens with zero attached hydrogens (tertiary/aromatic N) is 1. The van der Waals surface area contributed by atoms with Crippen LogP contribution in [-0.4, -0.2) is 17.1 Å². The lowest BCUT2D eigenvalue weighted by Crippen LogP contribution is -2.41. The van der Waals surface area contributed by atoms with Gasteiger partial charge in [-0.3, -0.25) is 0 Å². The highest BCUT2D eigenvalue weighted by Crippen LogP contribution is 2.18. The Kier molecular flexibility index (Phi) is 2.71. The smallest absolute Gasteiger partial charge is 0.319 e. The van der Waals surface area contributed by atoms with E-state index in [4.69, 9.17) is 5.73 Å². The highest BCUT2D eigenvalue weighted by atomic mass is 16.2. The summed E-state index contributed by atoms with van der Waals surface area (Å²) in [5.74, 6) is 0.444. The zero-order chi connectivity index (χ0) is 10.7. The molecule has 0 aromatic carbocycles. The highest BCUT2D eigenvalue weighted by molar-refractivity contribution is 5.89. The number of rotatable bonds is 2. The van der Waals surface area contributed by atoms with Crippen molar-refractivity contribution in [2.24, 2.45) is 0 Å². The monoisotopic (exact) mass is 206 g/mol. The van der Waals surface area contributed by atoms with Gasteiger partial charge in [-0.1, -0.05) is 0 Å². The van der Waals surface area contributed by atoms with Gasteiger partial charge in [-0.05, 0) is 31.4 Å². The average Bonchev–Trinajstić information content (AvgIpc) is 2.16. The van der Waals surface area contributed by atoms with E-state index in [1.54, 1.807) is 12.1 Å². The Bertz CT molecular complexity index is 345. The van der Waals surface area contributed by atoms with Gasteiger partial charge in [-0.25, -0.2) is 9.78 Å². The second kappa shape index (κ2) is 4.16. The maximum Gasteiger partial charge on any atom is 0.319 e. The predicted octanol–water partition coefficient (Wildman–Crippen LogP) is 1.34. The topological polar surface area (TPSA) is 80.0 Å². The molecule has 0 unspecified atom stereocenters. The van der Waals surface area contributed by atoms with Crippen LogP contribution in [0.5, 0.6) is 0 Å². The maximum atomic E-state index is 11.4. The van der Waals surface area contributed by atoms with E-state index >= 15 is 0 Å². The molecule has 0 spiro atoms. The summed E-state index contributed by atoms with van der Waals surface area (Å²) in [7, 11) is 0. The normalized spacial score (nSPS) is 15.5. The van der Waals surface area contributed by atoms with Crippen LogP contribution in [0.25, 0.3) is 0 Å². The Labute approximate surface area is 88.1 Å². The minimum absolute atomic E-state index is 0.175. The van der Waals surface area contributed by atoms with Crippen molar-refractivity contribution in [3.8, 4) is 0 Å². The highest BCUT2D eigenvalue weighted by Gasteiger charge is 2.19. The van der Waals surface area contributed by atoms with Crippen LogP contribution in [-0.2, 0) is 0 Å². The van der Waals surface area contributed by atoms with E-state index in [1.807, 2.05) is 0 Å². The zero-order valence-corrected chi connectivity index (χ0v) is 8.36. The molecule has 0 aliphatic heterocycles. The third-order valence-corrected chi connectivity index (χ3v) is 2.48. The molecule has 1 saturated carbocycles. The molecule has 2 rings (SSSR count). The van der Waals surface area contributed by atoms with Crippen molar-refractivity contribution < 1.29 is 4.79 Å². The van der Waals surface area contributed by atoms with Crippen molar-refractivity contribution in [2.45, 2.75) is 25.3 Å². The van der Waals surface area contributed by atoms with Crippen molar-refractivity contribution in [1.82, 2.24) is 10.3 Å². The number of hydrogen-bond acceptors (Lipinski definition) is 3. The van der Waals surface area contributed by atoms with Crippen LogP contribution < -0.4 is 16.4 Å². The van der Waals surface area contributed by atoms with Crippen LogP contribution in [0.3, 0.4) is 0 Å². The first-order valence-corrected chi connectivity index (χ1v) is 5.03. The van der Waals surface area contributed by atoms with Gasteiger partial charge < -0.3 is 16.4 Å². The molecule has 1 aromatic rings. The maximum absolute atomic E-state index is 11.4. The van der Waals surface area contributed by atoms with Crippen LogP contribution in [0, 0.1) is 0 Å². The van der Waals surface area contributed by atoms with E-state index in [-0.39, 0.29) is 6.03 Å². The fraction of sp³-hybridized carbons (Fsp3) is 0.400. The molecule has 1 aliphatic carbocycles. The molecule has 2 amide bonds. The van der Waals surface area contributed by atoms with E-state index in [0.717, 1.165) is 12.8 Å². The predicted molar refractivity (Wildman–Crippen MR) is 58.4 cm³/mol. The number of hydrogen-bond donors (Lipinski definition) is 3. The molecule has 0 bridgehead atoms. The summed E-state index contributed by atoms with van der Waals surface area (Å²) in [6.45, 7) is 0. The molecule has 5 nitrogen and oxygen atoms in total. The first kappa shape index (κ1) is 9.76. The summed E-state index contributed by atoms with van der Waals surface area (Å²) in [6.07, 6.45) is 4.89. The number of urea groups is 1. The van der Waals surface area contributed by atoms with Gasteiger partial charge in [0, 0.05) is 6.04 Å². The molecule has 1 heterocycles. The number of pyridine rings is 1. The van der Waals surface area contributed by atoms with Crippen molar-refractivity contribution in [3.63, 3.8) is 0 Å². The molecule has 0 saturated heterocycles. The lowest BCUT2D eigenvalue weighted by Gasteiger charge is -2.26. The summed E-state index contributed by atoms with van der Waals surface area (Å²) in [5.41, 5.74) is 6.08. The number of aromatic nitrogens is 1. The molecule has 80 valence electrons. The fourth-order valence-corrected chi connectivity index (χ4v) is 1.38. The Hall–Kier alpha value is -1.78. The zero-order valence-electron chi connectivity index (χ0n) is 8.36. The lowest BCUT2D eigenvalue weighted by molar-refractivity contribution is 0.240. The largest absolute Gasteiger partial charge is 0.384 e. The molecule has 1 fully saturated rings. The molecular formula is C10H14N4O. The number of anilines is 2. The third kappa shape index (κ3) is 2.59. The number of nitrogens with one attached hydrogen (secondary N) is 2. The first-order chi connectivity index (χ1) is 7.24. The Morgan fingerprint density at radius 3 is 2.80 bits per heavy atom. The minimum atomic E-state index is -0.175. The number of carbonyl (C=O) groups is 1. The van der Waals surface area contributed by atoms with Gasteiger partial charge in [0.25, 0.3) is 0 Å². The van der Waals surface area contributed by atoms with Crippen LogP contribution in [0.2, 0.25) is 0 Å². The van der Waals surface area contributed by atoms with Crippen molar-refractivity contribution in [1.29, 1.82) is 0 Å². The van der Waals surface area contributed by atoms with Gasteiger partial charge in [0.15, 0.2) is 0 Å². The van der Waals surface area contributed by atoms with Crippen molar-refractivity contribution >= 4 is 17.5 Å². The van der Waals surface area contributed by atoms with Gasteiger partial charge in [0.2, 0.25) is 0 Å². The van der Waals surface area contributed by atoms with Gasteiger partial charge >= 0.3 is 6.03 Å². The molecular weight excluding hydrogens is 192 g/mol. The quantitative estimate of drug-likeness (QED) is 0.683. The number of carbonyl (C=O) groups excluding carboxylic acids is 1. The SMILES string of the molecule is Nc1ccc(NC(=O)NC2CCC2)cn1. The fourth-order valence-electron chi connectivity index (χ4n) is 1.38. The lowest BCUT2D eigenvalue weighted by atomic mass is 9.93. The van der Waals surface area contributed by atoms with Crippen molar-refractivity contribution in [2.75, 3.05) is 11.1 Å². The van der Waals surface area contributed by atoms with Crippen LogP contribution >= 0.6 is 0 Å².